The summed E-state index contributed by atoms with van der Waals surface area (Å²) in [7, 11) is -1.56. The maximum absolute atomic E-state index is 12.1. The Labute approximate surface area is 141 Å². The molecule has 1 amide bonds. The molecule has 0 bridgehead atoms. The first-order chi connectivity index (χ1) is 10.9. The first-order valence-electron chi connectivity index (χ1n) is 7.33. The third kappa shape index (κ3) is 4.51. The number of hydrogen-bond acceptors (Lipinski definition) is 5. The standard InChI is InChI=1S/C15H20ClNO5S/c1-3-22-14-12(16)6-10(7-13(14)21-2)8-17-15(18)11-4-5-23(19,20)9-11/h6-7,11H,3-5,8-9H2,1-2H3,(H,17,18). The Kier molecular flexibility index (Phi) is 5.75. The van der Waals surface area contributed by atoms with Gasteiger partial charge in [-0.1, -0.05) is 11.6 Å². The molecule has 0 aliphatic carbocycles. The predicted octanol–water partition coefficient (Wildman–Crippen LogP) is 1.80. The summed E-state index contributed by atoms with van der Waals surface area (Å²) in [6.45, 7) is 2.56. The fourth-order valence-corrected chi connectivity index (χ4v) is 4.52. The van der Waals surface area contributed by atoms with Crippen molar-refractivity contribution in [2.24, 2.45) is 5.92 Å². The fourth-order valence-electron chi connectivity index (χ4n) is 2.50. The molecule has 1 aliphatic rings. The number of amides is 1. The first kappa shape index (κ1) is 17.9. The second-order valence-electron chi connectivity index (χ2n) is 5.36. The van der Waals surface area contributed by atoms with Gasteiger partial charge < -0.3 is 14.8 Å². The van der Waals surface area contributed by atoms with Gasteiger partial charge in [-0.05, 0) is 31.0 Å². The number of ether oxygens (including phenoxy) is 2. The van der Waals surface area contributed by atoms with Crippen LogP contribution < -0.4 is 14.8 Å². The minimum atomic E-state index is -3.07. The topological polar surface area (TPSA) is 81.7 Å². The number of carbonyl (C=O) groups excluding carboxylic acids is 1. The van der Waals surface area contributed by atoms with E-state index in [0.29, 0.717) is 29.5 Å². The molecule has 1 atom stereocenters. The lowest BCUT2D eigenvalue weighted by Crippen LogP contribution is -2.30. The molecule has 23 heavy (non-hydrogen) atoms. The van der Waals surface area contributed by atoms with Crippen molar-refractivity contribution in [2.45, 2.75) is 19.9 Å². The second-order valence-corrected chi connectivity index (χ2v) is 8.00. The molecule has 1 unspecified atom stereocenters. The van der Waals surface area contributed by atoms with Gasteiger partial charge in [-0.2, -0.15) is 0 Å². The van der Waals surface area contributed by atoms with Gasteiger partial charge >= 0.3 is 0 Å². The van der Waals surface area contributed by atoms with Crippen molar-refractivity contribution in [1.82, 2.24) is 5.32 Å². The molecule has 1 saturated heterocycles. The second kappa shape index (κ2) is 7.40. The van der Waals surface area contributed by atoms with E-state index in [1.54, 1.807) is 12.1 Å². The van der Waals surface area contributed by atoms with Crippen LogP contribution in [0.5, 0.6) is 11.5 Å². The van der Waals surface area contributed by atoms with Gasteiger partial charge in [0.15, 0.2) is 21.3 Å². The fraction of sp³-hybridized carbons (Fsp3) is 0.533. The Balaban J connectivity index is 2.03. The summed E-state index contributed by atoms with van der Waals surface area (Å²) < 4.78 is 33.5. The molecule has 6 nitrogen and oxygen atoms in total. The van der Waals surface area contributed by atoms with Crippen molar-refractivity contribution in [3.05, 3.63) is 22.7 Å². The van der Waals surface area contributed by atoms with Gasteiger partial charge in [-0.3, -0.25) is 4.79 Å². The average molecular weight is 362 g/mol. The molecule has 0 radical (unpaired) electrons. The van der Waals surface area contributed by atoms with E-state index < -0.39 is 15.8 Å². The van der Waals surface area contributed by atoms with Crippen LogP contribution in [0.2, 0.25) is 5.02 Å². The minimum absolute atomic E-state index is 0.0772. The number of methoxy groups -OCH3 is 1. The molecule has 1 aromatic rings. The molecule has 1 heterocycles. The van der Waals surface area contributed by atoms with Crippen molar-refractivity contribution in [2.75, 3.05) is 25.2 Å². The summed E-state index contributed by atoms with van der Waals surface area (Å²) in [6, 6.07) is 3.43. The Morgan fingerprint density at radius 2 is 2.17 bits per heavy atom. The van der Waals surface area contributed by atoms with E-state index in [4.69, 9.17) is 21.1 Å². The monoisotopic (exact) mass is 361 g/mol. The molecular formula is C15H20ClNO5S. The van der Waals surface area contributed by atoms with E-state index in [2.05, 4.69) is 5.32 Å². The molecule has 0 saturated carbocycles. The number of hydrogen-bond donors (Lipinski definition) is 1. The number of sulfone groups is 1. The molecule has 1 N–H and O–H groups in total. The number of nitrogens with one attached hydrogen (secondary N) is 1. The lowest BCUT2D eigenvalue weighted by Gasteiger charge is -2.14. The first-order valence-corrected chi connectivity index (χ1v) is 9.53. The van der Waals surface area contributed by atoms with Crippen LogP contribution in [-0.2, 0) is 21.2 Å². The van der Waals surface area contributed by atoms with Gasteiger partial charge in [0.05, 0.1) is 36.2 Å². The molecular weight excluding hydrogens is 342 g/mol. The molecule has 1 fully saturated rings. The molecule has 1 aliphatic heterocycles. The Hall–Kier alpha value is -1.47. The Morgan fingerprint density at radius 1 is 1.43 bits per heavy atom. The van der Waals surface area contributed by atoms with E-state index in [0.717, 1.165) is 5.56 Å². The molecule has 2 rings (SSSR count). The van der Waals surface area contributed by atoms with Gasteiger partial charge in [0.2, 0.25) is 5.91 Å². The van der Waals surface area contributed by atoms with E-state index in [1.165, 1.54) is 7.11 Å². The van der Waals surface area contributed by atoms with Gasteiger partial charge in [0, 0.05) is 6.54 Å². The van der Waals surface area contributed by atoms with Crippen molar-refractivity contribution >= 4 is 27.3 Å². The third-order valence-electron chi connectivity index (χ3n) is 3.65. The van der Waals surface area contributed by atoms with Crippen LogP contribution in [0, 0.1) is 5.92 Å². The van der Waals surface area contributed by atoms with Crippen LogP contribution in [-0.4, -0.2) is 39.5 Å². The largest absolute Gasteiger partial charge is 0.493 e. The van der Waals surface area contributed by atoms with Crippen LogP contribution in [0.3, 0.4) is 0 Å². The summed E-state index contributed by atoms with van der Waals surface area (Å²) >= 11 is 6.17. The lowest BCUT2D eigenvalue weighted by molar-refractivity contribution is -0.124. The van der Waals surface area contributed by atoms with Crippen molar-refractivity contribution in [1.29, 1.82) is 0 Å². The zero-order valence-electron chi connectivity index (χ0n) is 13.1. The van der Waals surface area contributed by atoms with E-state index >= 15 is 0 Å². The zero-order valence-corrected chi connectivity index (χ0v) is 14.7. The smallest absolute Gasteiger partial charge is 0.224 e. The summed E-state index contributed by atoms with van der Waals surface area (Å²) in [5, 5.41) is 3.15. The summed E-state index contributed by atoms with van der Waals surface area (Å²) in [6.07, 6.45) is 0.377. The predicted molar refractivity (Wildman–Crippen MR) is 87.8 cm³/mol. The van der Waals surface area contributed by atoms with Crippen molar-refractivity contribution < 1.29 is 22.7 Å². The quantitative estimate of drug-likeness (QED) is 0.835. The van der Waals surface area contributed by atoms with E-state index in [-0.39, 0.29) is 24.0 Å². The minimum Gasteiger partial charge on any atom is -0.493 e. The molecule has 1 aromatic carbocycles. The highest BCUT2D eigenvalue weighted by molar-refractivity contribution is 7.91. The summed E-state index contributed by atoms with van der Waals surface area (Å²) in [4.78, 5) is 12.1. The number of carbonyl (C=O) groups is 1. The maximum atomic E-state index is 12.1. The molecule has 0 aromatic heterocycles. The Bertz CT molecular complexity index is 689. The van der Waals surface area contributed by atoms with Crippen molar-refractivity contribution in [3.8, 4) is 11.5 Å². The van der Waals surface area contributed by atoms with E-state index in [1.807, 2.05) is 6.92 Å². The van der Waals surface area contributed by atoms with Crippen LogP contribution in [0.1, 0.15) is 18.9 Å². The lowest BCUT2D eigenvalue weighted by atomic mass is 10.1. The van der Waals surface area contributed by atoms with Gasteiger partial charge in [0.25, 0.3) is 0 Å². The summed E-state index contributed by atoms with van der Waals surface area (Å²) in [5.41, 5.74) is 0.754. The average Bonchev–Trinajstić information content (AvgIpc) is 2.87. The van der Waals surface area contributed by atoms with Crippen LogP contribution in [0.15, 0.2) is 12.1 Å². The van der Waals surface area contributed by atoms with Crippen LogP contribution >= 0.6 is 11.6 Å². The maximum Gasteiger partial charge on any atom is 0.224 e. The zero-order chi connectivity index (χ0) is 17.0. The van der Waals surface area contributed by atoms with E-state index in [9.17, 15) is 13.2 Å². The normalized spacial score (nSPS) is 19.3. The molecule has 0 spiro atoms. The van der Waals surface area contributed by atoms with Crippen LogP contribution in [0.25, 0.3) is 0 Å². The summed E-state index contributed by atoms with van der Waals surface area (Å²) in [5.74, 6) is 0.232. The van der Waals surface area contributed by atoms with Gasteiger partial charge in [-0.25, -0.2) is 8.42 Å². The number of benzene rings is 1. The molecule has 8 heteroatoms. The number of rotatable bonds is 6. The third-order valence-corrected chi connectivity index (χ3v) is 5.70. The Morgan fingerprint density at radius 3 is 2.74 bits per heavy atom. The van der Waals surface area contributed by atoms with Crippen LogP contribution in [0.4, 0.5) is 0 Å². The highest BCUT2D eigenvalue weighted by atomic mass is 35.5. The van der Waals surface area contributed by atoms with Gasteiger partial charge in [-0.15, -0.1) is 0 Å². The highest BCUT2D eigenvalue weighted by Gasteiger charge is 2.32. The van der Waals surface area contributed by atoms with Gasteiger partial charge in [0.1, 0.15) is 0 Å². The molecule has 128 valence electrons. The SMILES string of the molecule is CCOc1c(Cl)cc(CNC(=O)C2CCS(=O)(=O)C2)cc1OC. The van der Waals surface area contributed by atoms with Crippen molar-refractivity contribution in [3.63, 3.8) is 0 Å². The number of halogens is 1. The highest BCUT2D eigenvalue weighted by Crippen LogP contribution is 2.36.